The van der Waals surface area contributed by atoms with Gasteiger partial charge in [0.05, 0.1) is 6.04 Å². The van der Waals surface area contributed by atoms with Gasteiger partial charge < -0.3 is 0 Å². The van der Waals surface area contributed by atoms with E-state index in [2.05, 4.69) is 35.8 Å². The van der Waals surface area contributed by atoms with Crippen LogP contribution in [0, 0.1) is 6.92 Å². The van der Waals surface area contributed by atoms with Gasteiger partial charge in [-0.1, -0.05) is 48.4 Å². The number of nitrogens with two attached hydrogens (primary N) is 1. The van der Waals surface area contributed by atoms with E-state index in [0.29, 0.717) is 0 Å². The van der Waals surface area contributed by atoms with Gasteiger partial charge in [0.15, 0.2) is 0 Å². The first-order valence-corrected chi connectivity index (χ1v) is 7.88. The van der Waals surface area contributed by atoms with Gasteiger partial charge in [-0.2, -0.15) is 0 Å². The lowest BCUT2D eigenvalue weighted by Gasteiger charge is -2.27. The van der Waals surface area contributed by atoms with Gasteiger partial charge in [0.1, 0.15) is 0 Å². The van der Waals surface area contributed by atoms with Crippen LogP contribution in [0.1, 0.15) is 53.5 Å². The van der Waals surface area contributed by atoms with E-state index < -0.39 is 0 Å². The second-order valence-electron chi connectivity index (χ2n) is 5.96. The monoisotopic (exact) mass is 300 g/mol. The summed E-state index contributed by atoms with van der Waals surface area (Å²) in [7, 11) is 0. The Hall–Kier alpha value is -1.35. The maximum absolute atomic E-state index is 6.18. The van der Waals surface area contributed by atoms with Gasteiger partial charge in [-0.25, -0.2) is 5.43 Å². The Kier molecular flexibility index (Phi) is 4.29. The minimum atomic E-state index is -0.0255. The van der Waals surface area contributed by atoms with Gasteiger partial charge in [0.2, 0.25) is 0 Å². The van der Waals surface area contributed by atoms with Crippen molar-refractivity contribution < 1.29 is 0 Å². The number of hydrogen-bond acceptors (Lipinski definition) is 2. The van der Waals surface area contributed by atoms with Gasteiger partial charge in [-0.05, 0) is 60.1 Å². The average Bonchev–Trinajstić information content (AvgIpc) is 2.37. The van der Waals surface area contributed by atoms with E-state index in [1.165, 1.54) is 30.4 Å². The van der Waals surface area contributed by atoms with Crippen molar-refractivity contribution in [1.82, 2.24) is 5.43 Å². The molecule has 0 aliphatic heterocycles. The molecule has 0 bridgehead atoms. The minimum absolute atomic E-state index is 0.0255. The third-order valence-corrected chi connectivity index (χ3v) is 4.60. The molecule has 3 heteroatoms. The average molecular weight is 301 g/mol. The standard InChI is InChI=1S/C18H21ClN2/c1-12-8-16(11-17(19)9-12)18(21-20)15-7-3-6-14(10-15)13-4-2-5-13/h3,6-11,13,18,21H,2,4-5,20H2,1H3. The molecule has 1 atom stereocenters. The maximum Gasteiger partial charge on any atom is 0.0710 e. The Morgan fingerprint density at radius 2 is 1.95 bits per heavy atom. The number of hydrazine groups is 1. The predicted octanol–water partition coefficient (Wildman–Crippen LogP) is 4.47. The molecular formula is C18H21ClN2. The molecule has 21 heavy (non-hydrogen) atoms. The molecule has 1 aliphatic rings. The van der Waals surface area contributed by atoms with E-state index in [-0.39, 0.29) is 6.04 Å². The van der Waals surface area contributed by atoms with Crippen molar-refractivity contribution in [2.75, 3.05) is 0 Å². The molecule has 0 saturated heterocycles. The lowest BCUT2D eigenvalue weighted by molar-refractivity contribution is 0.419. The van der Waals surface area contributed by atoms with E-state index in [1.807, 2.05) is 19.1 Å². The highest BCUT2D eigenvalue weighted by Crippen LogP contribution is 2.37. The van der Waals surface area contributed by atoms with Crippen molar-refractivity contribution in [1.29, 1.82) is 0 Å². The molecule has 0 spiro atoms. The molecule has 2 aromatic rings. The summed E-state index contributed by atoms with van der Waals surface area (Å²) < 4.78 is 0. The fourth-order valence-corrected chi connectivity index (χ4v) is 3.35. The Morgan fingerprint density at radius 3 is 2.57 bits per heavy atom. The minimum Gasteiger partial charge on any atom is -0.271 e. The number of benzene rings is 2. The van der Waals surface area contributed by atoms with Crippen molar-refractivity contribution >= 4 is 11.6 Å². The van der Waals surface area contributed by atoms with Crippen molar-refractivity contribution in [2.45, 2.75) is 38.1 Å². The first-order chi connectivity index (χ1) is 10.2. The van der Waals surface area contributed by atoms with Gasteiger partial charge in [0.25, 0.3) is 0 Å². The molecule has 1 saturated carbocycles. The largest absolute Gasteiger partial charge is 0.271 e. The summed E-state index contributed by atoms with van der Waals surface area (Å²) in [5.41, 5.74) is 7.81. The maximum atomic E-state index is 6.18. The van der Waals surface area contributed by atoms with E-state index in [4.69, 9.17) is 17.4 Å². The molecular weight excluding hydrogens is 280 g/mol. The summed E-state index contributed by atoms with van der Waals surface area (Å²) in [4.78, 5) is 0. The molecule has 1 fully saturated rings. The van der Waals surface area contributed by atoms with Crippen LogP contribution < -0.4 is 11.3 Å². The van der Waals surface area contributed by atoms with Crippen LogP contribution in [0.5, 0.6) is 0 Å². The normalized spacial score (nSPS) is 16.5. The van der Waals surface area contributed by atoms with Gasteiger partial charge in [-0.15, -0.1) is 0 Å². The van der Waals surface area contributed by atoms with Gasteiger partial charge in [0, 0.05) is 5.02 Å². The highest BCUT2D eigenvalue weighted by molar-refractivity contribution is 6.30. The molecule has 0 heterocycles. The Labute approximate surface area is 131 Å². The van der Waals surface area contributed by atoms with Crippen LogP contribution >= 0.6 is 11.6 Å². The summed E-state index contributed by atoms with van der Waals surface area (Å²) in [6, 6.07) is 14.8. The summed E-state index contributed by atoms with van der Waals surface area (Å²) in [6.45, 7) is 2.05. The van der Waals surface area contributed by atoms with Gasteiger partial charge >= 0.3 is 0 Å². The van der Waals surface area contributed by atoms with Gasteiger partial charge in [-0.3, -0.25) is 5.84 Å². The molecule has 1 aliphatic carbocycles. The second-order valence-corrected chi connectivity index (χ2v) is 6.40. The fourth-order valence-electron chi connectivity index (χ4n) is 3.05. The Balaban J connectivity index is 1.95. The quantitative estimate of drug-likeness (QED) is 0.646. The zero-order chi connectivity index (χ0) is 14.8. The number of halogens is 1. The fraction of sp³-hybridized carbons (Fsp3) is 0.333. The van der Waals surface area contributed by atoms with Crippen LogP contribution in [0.3, 0.4) is 0 Å². The Morgan fingerprint density at radius 1 is 1.14 bits per heavy atom. The number of aryl methyl sites for hydroxylation is 1. The molecule has 2 aromatic carbocycles. The van der Waals surface area contributed by atoms with E-state index >= 15 is 0 Å². The molecule has 0 radical (unpaired) electrons. The van der Waals surface area contributed by atoms with Crippen LogP contribution in [0.25, 0.3) is 0 Å². The molecule has 2 nitrogen and oxygen atoms in total. The summed E-state index contributed by atoms with van der Waals surface area (Å²) in [5, 5.41) is 0.750. The molecule has 3 N–H and O–H groups in total. The van der Waals surface area contributed by atoms with Crippen LogP contribution in [-0.2, 0) is 0 Å². The predicted molar refractivity (Wildman–Crippen MR) is 88.4 cm³/mol. The molecule has 1 unspecified atom stereocenters. The summed E-state index contributed by atoms with van der Waals surface area (Å²) >= 11 is 6.18. The lowest BCUT2D eigenvalue weighted by Crippen LogP contribution is -2.29. The third kappa shape index (κ3) is 3.13. The third-order valence-electron chi connectivity index (χ3n) is 4.39. The molecule has 0 amide bonds. The zero-order valence-electron chi connectivity index (χ0n) is 12.3. The number of nitrogens with one attached hydrogen (secondary N) is 1. The van der Waals surface area contributed by atoms with E-state index in [9.17, 15) is 0 Å². The lowest BCUT2D eigenvalue weighted by atomic mass is 9.79. The Bertz CT molecular complexity index is 615. The summed E-state index contributed by atoms with van der Waals surface area (Å²) in [5.74, 6) is 6.54. The number of rotatable bonds is 4. The van der Waals surface area contributed by atoms with Crippen molar-refractivity contribution in [3.05, 3.63) is 69.7 Å². The van der Waals surface area contributed by atoms with Crippen LogP contribution in [0.4, 0.5) is 0 Å². The molecule has 110 valence electrons. The smallest absolute Gasteiger partial charge is 0.0710 e. The first kappa shape index (κ1) is 14.6. The highest BCUT2D eigenvalue weighted by atomic mass is 35.5. The SMILES string of the molecule is Cc1cc(Cl)cc(C(NN)c2cccc(C3CCC3)c2)c1. The first-order valence-electron chi connectivity index (χ1n) is 7.50. The van der Waals surface area contributed by atoms with Crippen molar-refractivity contribution in [2.24, 2.45) is 5.84 Å². The van der Waals surface area contributed by atoms with Crippen molar-refractivity contribution in [3.8, 4) is 0 Å². The van der Waals surface area contributed by atoms with Crippen molar-refractivity contribution in [3.63, 3.8) is 0 Å². The van der Waals surface area contributed by atoms with Crippen LogP contribution in [-0.4, -0.2) is 0 Å². The topological polar surface area (TPSA) is 38.0 Å². The van der Waals surface area contributed by atoms with Crippen LogP contribution in [0.2, 0.25) is 5.02 Å². The van der Waals surface area contributed by atoms with E-state index in [0.717, 1.165) is 22.1 Å². The van der Waals surface area contributed by atoms with Crippen LogP contribution in [0.15, 0.2) is 42.5 Å². The second kappa shape index (κ2) is 6.18. The molecule has 3 rings (SSSR count). The highest BCUT2D eigenvalue weighted by Gasteiger charge is 2.21. The molecule has 0 aromatic heterocycles. The number of hydrogen-bond donors (Lipinski definition) is 2. The summed E-state index contributed by atoms with van der Waals surface area (Å²) in [6.07, 6.45) is 3.96. The van der Waals surface area contributed by atoms with E-state index in [1.54, 1.807) is 0 Å². The zero-order valence-corrected chi connectivity index (χ0v) is 13.0.